The molecule has 3 rings (SSSR count). The van der Waals surface area contributed by atoms with Crippen LogP contribution in [0.3, 0.4) is 0 Å². The van der Waals surface area contributed by atoms with Crippen molar-refractivity contribution in [2.75, 3.05) is 11.9 Å². The summed E-state index contributed by atoms with van der Waals surface area (Å²) in [5.41, 5.74) is 2.02. The van der Waals surface area contributed by atoms with Crippen LogP contribution < -0.4 is 10.6 Å². The van der Waals surface area contributed by atoms with Crippen LogP contribution in [0.2, 0.25) is 0 Å². The predicted molar refractivity (Wildman–Crippen MR) is 74.1 cm³/mol. The zero-order valence-electron chi connectivity index (χ0n) is 10.3. The topological polar surface area (TPSA) is 66.9 Å². The number of thiazole rings is 1. The van der Waals surface area contributed by atoms with Crippen LogP contribution in [0, 0.1) is 0 Å². The molecule has 0 aliphatic carbocycles. The van der Waals surface area contributed by atoms with Gasteiger partial charge in [0.05, 0.1) is 12.1 Å². The third kappa shape index (κ3) is 2.97. The monoisotopic (exact) mass is 274 g/mol. The summed E-state index contributed by atoms with van der Waals surface area (Å²) in [5.74, 6) is -0.0490. The quantitative estimate of drug-likeness (QED) is 0.887. The van der Waals surface area contributed by atoms with E-state index >= 15 is 0 Å². The standard InChI is InChI=1S/C13H14N4OS/c18-12(6-9-2-1-4-14-7-9)17-13-16-10-3-5-15-8-11(10)19-13/h1-2,4,7,15H,3,5-6,8H2,(H,16,17,18). The van der Waals surface area contributed by atoms with E-state index in [9.17, 15) is 4.79 Å². The van der Waals surface area contributed by atoms with E-state index in [4.69, 9.17) is 0 Å². The zero-order chi connectivity index (χ0) is 13.1. The Morgan fingerprint density at radius 1 is 1.53 bits per heavy atom. The average Bonchev–Trinajstić information content (AvgIpc) is 2.81. The highest BCUT2D eigenvalue weighted by Crippen LogP contribution is 2.25. The highest BCUT2D eigenvalue weighted by Gasteiger charge is 2.15. The summed E-state index contributed by atoms with van der Waals surface area (Å²) in [4.78, 5) is 21.6. The van der Waals surface area contributed by atoms with Crippen molar-refractivity contribution in [3.8, 4) is 0 Å². The first-order valence-electron chi connectivity index (χ1n) is 6.19. The maximum absolute atomic E-state index is 11.9. The lowest BCUT2D eigenvalue weighted by Gasteiger charge is -2.09. The Morgan fingerprint density at radius 2 is 2.47 bits per heavy atom. The van der Waals surface area contributed by atoms with Crippen LogP contribution in [0.5, 0.6) is 0 Å². The molecular formula is C13H14N4OS. The SMILES string of the molecule is O=C(Cc1cccnc1)Nc1nc2c(s1)CNCC2. The molecule has 6 heteroatoms. The highest BCUT2D eigenvalue weighted by molar-refractivity contribution is 7.15. The molecule has 2 N–H and O–H groups in total. The van der Waals surface area contributed by atoms with E-state index in [1.807, 2.05) is 12.1 Å². The molecular weight excluding hydrogens is 260 g/mol. The summed E-state index contributed by atoms with van der Waals surface area (Å²) < 4.78 is 0. The van der Waals surface area contributed by atoms with Crippen LogP contribution in [0.25, 0.3) is 0 Å². The molecule has 98 valence electrons. The lowest BCUT2D eigenvalue weighted by molar-refractivity contribution is -0.115. The number of nitrogens with zero attached hydrogens (tertiary/aromatic N) is 2. The third-order valence-electron chi connectivity index (χ3n) is 2.94. The van der Waals surface area contributed by atoms with Gasteiger partial charge in [-0.2, -0.15) is 0 Å². The zero-order valence-corrected chi connectivity index (χ0v) is 11.2. The fourth-order valence-corrected chi connectivity index (χ4v) is 3.02. The Morgan fingerprint density at radius 3 is 3.26 bits per heavy atom. The molecule has 1 aliphatic rings. The van der Waals surface area contributed by atoms with Crippen molar-refractivity contribution in [2.45, 2.75) is 19.4 Å². The van der Waals surface area contributed by atoms with E-state index in [-0.39, 0.29) is 5.91 Å². The molecule has 3 heterocycles. The minimum Gasteiger partial charge on any atom is -0.311 e. The largest absolute Gasteiger partial charge is 0.311 e. The summed E-state index contributed by atoms with van der Waals surface area (Å²) in [6.07, 6.45) is 4.67. The van der Waals surface area contributed by atoms with E-state index in [1.165, 1.54) is 4.88 Å². The Hall–Kier alpha value is -1.79. The number of aromatic nitrogens is 2. The molecule has 5 nitrogen and oxygen atoms in total. The number of pyridine rings is 1. The van der Waals surface area contributed by atoms with Gasteiger partial charge >= 0.3 is 0 Å². The second kappa shape index (κ2) is 5.46. The number of hydrogen-bond donors (Lipinski definition) is 2. The maximum Gasteiger partial charge on any atom is 0.230 e. The van der Waals surface area contributed by atoms with Crippen LogP contribution in [-0.4, -0.2) is 22.4 Å². The normalized spacial score (nSPS) is 13.9. The van der Waals surface area contributed by atoms with E-state index in [2.05, 4.69) is 20.6 Å². The first kappa shape index (κ1) is 12.3. The summed E-state index contributed by atoms with van der Waals surface area (Å²) in [5, 5.41) is 6.85. The van der Waals surface area contributed by atoms with Gasteiger partial charge in [0, 0.05) is 36.8 Å². The molecule has 0 fully saturated rings. The number of anilines is 1. The summed E-state index contributed by atoms with van der Waals surface area (Å²) in [7, 11) is 0. The van der Waals surface area contributed by atoms with Gasteiger partial charge in [-0.15, -0.1) is 11.3 Å². The van der Waals surface area contributed by atoms with Crippen molar-refractivity contribution in [1.82, 2.24) is 15.3 Å². The fraction of sp³-hybridized carbons (Fsp3) is 0.308. The van der Waals surface area contributed by atoms with E-state index in [1.54, 1.807) is 23.7 Å². The maximum atomic E-state index is 11.9. The van der Waals surface area contributed by atoms with Crippen LogP contribution in [0.4, 0.5) is 5.13 Å². The summed E-state index contributed by atoms with van der Waals surface area (Å²) in [6.45, 7) is 1.81. The Labute approximate surface area is 115 Å². The lowest BCUT2D eigenvalue weighted by Crippen LogP contribution is -2.22. The third-order valence-corrected chi connectivity index (χ3v) is 3.95. The van der Waals surface area contributed by atoms with Crippen molar-refractivity contribution in [3.05, 3.63) is 40.7 Å². The number of nitrogens with one attached hydrogen (secondary N) is 2. The summed E-state index contributed by atoms with van der Waals surface area (Å²) >= 11 is 1.55. The molecule has 19 heavy (non-hydrogen) atoms. The number of carbonyl (C=O) groups is 1. The van der Waals surface area contributed by atoms with Crippen molar-refractivity contribution < 1.29 is 4.79 Å². The lowest BCUT2D eigenvalue weighted by atomic mass is 10.2. The van der Waals surface area contributed by atoms with Gasteiger partial charge in [-0.1, -0.05) is 6.07 Å². The number of fused-ring (bicyclic) bond motifs is 1. The Balaban J connectivity index is 1.65. The fourth-order valence-electron chi connectivity index (χ4n) is 2.03. The molecule has 0 saturated heterocycles. The van der Waals surface area contributed by atoms with Gasteiger partial charge in [0.25, 0.3) is 0 Å². The van der Waals surface area contributed by atoms with E-state index in [0.29, 0.717) is 11.6 Å². The van der Waals surface area contributed by atoms with Crippen molar-refractivity contribution in [3.63, 3.8) is 0 Å². The van der Waals surface area contributed by atoms with Crippen LogP contribution >= 0.6 is 11.3 Å². The number of amides is 1. The van der Waals surface area contributed by atoms with Gasteiger partial charge in [-0.05, 0) is 11.6 Å². The Kier molecular flexibility index (Phi) is 3.52. The molecule has 0 unspecified atom stereocenters. The van der Waals surface area contributed by atoms with Crippen LogP contribution in [0.1, 0.15) is 16.1 Å². The predicted octanol–water partition coefficient (Wildman–Crippen LogP) is 1.36. The first-order valence-corrected chi connectivity index (χ1v) is 7.01. The average molecular weight is 274 g/mol. The molecule has 2 aromatic rings. The van der Waals surface area contributed by atoms with E-state index < -0.39 is 0 Å². The molecule has 0 spiro atoms. The van der Waals surface area contributed by atoms with Gasteiger partial charge < -0.3 is 10.6 Å². The molecule has 0 saturated carbocycles. The van der Waals surface area contributed by atoms with Gasteiger partial charge in [-0.3, -0.25) is 9.78 Å². The van der Waals surface area contributed by atoms with Crippen molar-refractivity contribution >= 4 is 22.4 Å². The van der Waals surface area contributed by atoms with Crippen molar-refractivity contribution in [1.29, 1.82) is 0 Å². The minimum atomic E-state index is -0.0490. The second-order valence-corrected chi connectivity index (χ2v) is 5.49. The number of carbonyl (C=O) groups excluding carboxylic acids is 1. The first-order chi connectivity index (χ1) is 9.31. The number of hydrogen-bond acceptors (Lipinski definition) is 5. The molecule has 0 radical (unpaired) electrons. The smallest absolute Gasteiger partial charge is 0.230 e. The second-order valence-electron chi connectivity index (χ2n) is 4.40. The number of rotatable bonds is 3. The van der Waals surface area contributed by atoms with Crippen LogP contribution in [0.15, 0.2) is 24.5 Å². The summed E-state index contributed by atoms with van der Waals surface area (Å²) in [6, 6.07) is 3.72. The minimum absolute atomic E-state index is 0.0490. The van der Waals surface area contributed by atoms with Crippen molar-refractivity contribution in [2.24, 2.45) is 0 Å². The molecule has 1 amide bonds. The van der Waals surface area contributed by atoms with E-state index in [0.717, 1.165) is 30.8 Å². The van der Waals surface area contributed by atoms with Gasteiger partial charge in [-0.25, -0.2) is 4.98 Å². The molecule has 0 atom stereocenters. The van der Waals surface area contributed by atoms with Gasteiger partial charge in [0.15, 0.2) is 5.13 Å². The van der Waals surface area contributed by atoms with Crippen LogP contribution in [-0.2, 0) is 24.2 Å². The molecule has 2 aromatic heterocycles. The molecule has 0 aromatic carbocycles. The highest BCUT2D eigenvalue weighted by atomic mass is 32.1. The van der Waals surface area contributed by atoms with Gasteiger partial charge in [0.2, 0.25) is 5.91 Å². The van der Waals surface area contributed by atoms with Gasteiger partial charge in [0.1, 0.15) is 0 Å². The Bertz CT molecular complexity index is 558. The molecule has 1 aliphatic heterocycles. The molecule has 0 bridgehead atoms.